The van der Waals surface area contributed by atoms with Crippen LogP contribution in [0.5, 0.6) is 11.5 Å². The number of amides is 1. The summed E-state index contributed by atoms with van der Waals surface area (Å²) < 4.78 is 16.1. The van der Waals surface area contributed by atoms with Gasteiger partial charge in [-0.15, -0.1) is 10.2 Å². The fourth-order valence-corrected chi connectivity index (χ4v) is 2.68. The molecule has 2 aromatic carbocycles. The summed E-state index contributed by atoms with van der Waals surface area (Å²) in [6.45, 7) is 2.71. The Kier molecular flexibility index (Phi) is 4.27. The highest BCUT2D eigenvalue weighted by molar-refractivity contribution is 5.89. The molecule has 1 aliphatic rings. The summed E-state index contributed by atoms with van der Waals surface area (Å²) in [4.78, 5) is 12.3. The van der Waals surface area contributed by atoms with Gasteiger partial charge in [0.15, 0.2) is 11.5 Å². The molecule has 0 fully saturated rings. The van der Waals surface area contributed by atoms with Crippen LogP contribution in [0.4, 0.5) is 0 Å². The highest BCUT2D eigenvalue weighted by atomic mass is 16.7. The number of carbonyl (C=O) groups is 1. The molecule has 7 heteroatoms. The van der Waals surface area contributed by atoms with Gasteiger partial charge in [-0.2, -0.15) is 0 Å². The van der Waals surface area contributed by atoms with Gasteiger partial charge in [0.05, 0.1) is 0 Å². The minimum Gasteiger partial charge on any atom is -0.454 e. The van der Waals surface area contributed by atoms with Crippen molar-refractivity contribution in [2.45, 2.75) is 12.8 Å². The smallest absolute Gasteiger partial charge is 0.308 e. The Morgan fingerprint density at radius 3 is 2.77 bits per heavy atom. The molecule has 4 rings (SSSR count). The largest absolute Gasteiger partial charge is 0.454 e. The van der Waals surface area contributed by atoms with Crippen molar-refractivity contribution in [3.8, 4) is 23.0 Å². The average molecular weight is 351 g/mol. The first kappa shape index (κ1) is 16.1. The predicted octanol–water partition coefficient (Wildman–Crippen LogP) is 3.00. The van der Waals surface area contributed by atoms with Crippen molar-refractivity contribution in [3.63, 3.8) is 0 Å². The Balaban J connectivity index is 1.42. The van der Waals surface area contributed by atoms with Gasteiger partial charge in [-0.3, -0.25) is 4.79 Å². The highest BCUT2D eigenvalue weighted by Crippen LogP contribution is 2.35. The summed E-state index contributed by atoms with van der Waals surface area (Å²) in [5.74, 6) is 1.25. The maximum absolute atomic E-state index is 12.3. The van der Waals surface area contributed by atoms with Crippen LogP contribution in [0.2, 0.25) is 0 Å². The van der Waals surface area contributed by atoms with E-state index < -0.39 is 5.91 Å². The van der Waals surface area contributed by atoms with Crippen LogP contribution >= 0.6 is 0 Å². The number of ether oxygens (including phenoxy) is 2. The second kappa shape index (κ2) is 6.87. The van der Waals surface area contributed by atoms with E-state index >= 15 is 0 Å². The van der Waals surface area contributed by atoms with E-state index in [2.05, 4.69) is 15.5 Å². The van der Waals surface area contributed by atoms with Gasteiger partial charge in [0.1, 0.15) is 0 Å². The maximum atomic E-state index is 12.3. The fraction of sp³-hybridized carbons (Fsp3) is 0.211. The van der Waals surface area contributed by atoms with E-state index in [1.54, 1.807) is 18.2 Å². The molecule has 2 heterocycles. The summed E-state index contributed by atoms with van der Waals surface area (Å²) in [7, 11) is 0. The Hall–Kier alpha value is -3.35. The van der Waals surface area contributed by atoms with E-state index in [0.717, 1.165) is 5.56 Å². The first-order valence-electron chi connectivity index (χ1n) is 8.27. The lowest BCUT2D eigenvalue weighted by Crippen LogP contribution is -2.27. The number of hydrogen-bond acceptors (Lipinski definition) is 6. The molecule has 1 aromatic heterocycles. The van der Waals surface area contributed by atoms with Gasteiger partial charge in [0.2, 0.25) is 12.7 Å². The molecule has 0 spiro atoms. The number of fused-ring (bicyclic) bond motifs is 1. The quantitative estimate of drug-likeness (QED) is 0.760. The summed E-state index contributed by atoms with van der Waals surface area (Å²) in [5.41, 5.74) is 1.82. The third-order valence-corrected chi connectivity index (χ3v) is 4.18. The molecule has 1 amide bonds. The van der Waals surface area contributed by atoms with Crippen LogP contribution in [0.1, 0.15) is 29.1 Å². The number of nitrogens with zero attached hydrogens (tertiary/aromatic N) is 2. The Morgan fingerprint density at radius 2 is 1.92 bits per heavy atom. The minimum atomic E-state index is -0.396. The molecule has 0 saturated carbocycles. The van der Waals surface area contributed by atoms with Crippen LogP contribution in [0.25, 0.3) is 11.5 Å². The van der Waals surface area contributed by atoms with Gasteiger partial charge in [0.25, 0.3) is 0 Å². The molecule has 0 bridgehead atoms. The number of carbonyl (C=O) groups excluding carboxylic acids is 1. The summed E-state index contributed by atoms with van der Waals surface area (Å²) >= 11 is 0. The van der Waals surface area contributed by atoms with E-state index in [1.165, 1.54) is 0 Å². The van der Waals surface area contributed by atoms with Gasteiger partial charge in [0, 0.05) is 12.1 Å². The second-order valence-corrected chi connectivity index (χ2v) is 6.00. The summed E-state index contributed by atoms with van der Waals surface area (Å²) in [6, 6.07) is 15.3. The Bertz CT molecular complexity index is 924. The van der Waals surface area contributed by atoms with Gasteiger partial charge < -0.3 is 19.2 Å². The summed E-state index contributed by atoms with van der Waals surface area (Å²) in [6.07, 6.45) is 0. The van der Waals surface area contributed by atoms with Crippen molar-refractivity contribution < 1.29 is 18.7 Å². The molecule has 26 heavy (non-hydrogen) atoms. The van der Waals surface area contributed by atoms with Crippen molar-refractivity contribution in [3.05, 3.63) is 60.0 Å². The zero-order chi connectivity index (χ0) is 17.9. The maximum Gasteiger partial charge on any atom is 0.308 e. The normalized spacial score (nSPS) is 13.4. The monoisotopic (exact) mass is 351 g/mol. The third kappa shape index (κ3) is 3.23. The molecule has 0 unspecified atom stereocenters. The molecule has 7 nitrogen and oxygen atoms in total. The number of benzene rings is 2. The van der Waals surface area contributed by atoms with Crippen LogP contribution in [-0.4, -0.2) is 29.4 Å². The van der Waals surface area contributed by atoms with E-state index in [4.69, 9.17) is 13.9 Å². The molecule has 0 saturated heterocycles. The fourth-order valence-electron chi connectivity index (χ4n) is 2.68. The van der Waals surface area contributed by atoms with Crippen molar-refractivity contribution >= 4 is 5.91 Å². The molecule has 1 N–H and O–H groups in total. The predicted molar refractivity (Wildman–Crippen MR) is 93.0 cm³/mol. The van der Waals surface area contributed by atoms with E-state index in [-0.39, 0.29) is 24.5 Å². The molecule has 1 aliphatic heterocycles. The minimum absolute atomic E-state index is 0.0714. The lowest BCUT2D eigenvalue weighted by Gasteiger charge is -2.11. The average Bonchev–Trinajstić information content (AvgIpc) is 3.35. The number of hydrogen-bond donors (Lipinski definition) is 1. The van der Waals surface area contributed by atoms with Gasteiger partial charge >= 0.3 is 11.8 Å². The van der Waals surface area contributed by atoms with Crippen LogP contribution in [0, 0.1) is 0 Å². The lowest BCUT2D eigenvalue weighted by atomic mass is 10.0. The number of nitrogens with one attached hydrogen (secondary N) is 1. The van der Waals surface area contributed by atoms with E-state index in [9.17, 15) is 4.79 Å². The zero-order valence-corrected chi connectivity index (χ0v) is 14.1. The van der Waals surface area contributed by atoms with Crippen LogP contribution in [-0.2, 0) is 0 Å². The molecule has 132 valence electrons. The molecular formula is C19H17N3O4. The molecule has 0 aliphatic carbocycles. The van der Waals surface area contributed by atoms with Gasteiger partial charge in [-0.1, -0.05) is 37.3 Å². The van der Waals surface area contributed by atoms with E-state index in [0.29, 0.717) is 23.6 Å². The first-order chi connectivity index (χ1) is 12.7. The van der Waals surface area contributed by atoms with Gasteiger partial charge in [-0.25, -0.2) is 0 Å². The Labute approximate surface area is 150 Å². The third-order valence-electron chi connectivity index (χ3n) is 4.18. The van der Waals surface area contributed by atoms with E-state index in [1.807, 2.05) is 37.3 Å². The SMILES string of the molecule is C[C@@H](CNC(=O)c1nnc(-c2ccc3c(c2)OCO3)o1)c1ccccc1. The van der Waals surface area contributed by atoms with Crippen molar-refractivity contribution in [1.82, 2.24) is 15.5 Å². The summed E-state index contributed by atoms with van der Waals surface area (Å²) in [5, 5.41) is 10.6. The molecule has 0 radical (unpaired) electrons. The first-order valence-corrected chi connectivity index (χ1v) is 8.27. The van der Waals surface area contributed by atoms with Crippen LogP contribution < -0.4 is 14.8 Å². The van der Waals surface area contributed by atoms with Crippen LogP contribution in [0.3, 0.4) is 0 Å². The standard InChI is InChI=1S/C19H17N3O4/c1-12(13-5-3-2-4-6-13)10-20-17(23)19-22-21-18(26-19)14-7-8-15-16(9-14)25-11-24-15/h2-9,12H,10-11H2,1H3,(H,20,23)/t12-/m0/s1. The zero-order valence-electron chi connectivity index (χ0n) is 14.1. The highest BCUT2D eigenvalue weighted by Gasteiger charge is 2.19. The lowest BCUT2D eigenvalue weighted by molar-refractivity contribution is 0.0917. The van der Waals surface area contributed by atoms with Crippen molar-refractivity contribution in [2.75, 3.05) is 13.3 Å². The van der Waals surface area contributed by atoms with Crippen molar-refractivity contribution in [2.24, 2.45) is 0 Å². The topological polar surface area (TPSA) is 86.5 Å². The van der Waals surface area contributed by atoms with Gasteiger partial charge in [-0.05, 0) is 29.7 Å². The second-order valence-electron chi connectivity index (χ2n) is 6.00. The number of rotatable bonds is 5. The molecule has 3 aromatic rings. The van der Waals surface area contributed by atoms with Crippen molar-refractivity contribution in [1.29, 1.82) is 0 Å². The molecular weight excluding hydrogens is 334 g/mol. The van der Waals surface area contributed by atoms with Crippen LogP contribution in [0.15, 0.2) is 52.9 Å². The molecule has 1 atom stereocenters. The number of aromatic nitrogens is 2. The Morgan fingerprint density at radius 1 is 1.12 bits per heavy atom.